The molecule has 0 aromatic heterocycles. The van der Waals surface area contributed by atoms with E-state index in [9.17, 15) is 19.5 Å². The van der Waals surface area contributed by atoms with Gasteiger partial charge in [0.2, 0.25) is 11.8 Å². The first kappa shape index (κ1) is 30.2. The summed E-state index contributed by atoms with van der Waals surface area (Å²) in [7, 11) is 0. The molecule has 37 heavy (non-hydrogen) atoms. The van der Waals surface area contributed by atoms with Gasteiger partial charge in [-0.3, -0.25) is 14.4 Å². The Hall–Kier alpha value is -1.32. The van der Waals surface area contributed by atoms with Crippen molar-refractivity contribution in [3.63, 3.8) is 0 Å². The molecule has 1 N–H and O–H groups in total. The highest BCUT2D eigenvalue weighted by atomic mass is 79.9. The number of nitrogens with zero attached hydrogens (tertiary/aromatic N) is 2. The van der Waals surface area contributed by atoms with Crippen molar-refractivity contribution in [1.29, 1.82) is 0 Å². The minimum Gasteiger partial charge on any atom is -0.465 e. The number of rotatable bonds is 14. The Kier molecular flexibility index (Phi) is 10.4. The summed E-state index contributed by atoms with van der Waals surface area (Å²) in [6, 6.07) is -1.35. The van der Waals surface area contributed by atoms with E-state index in [1.54, 1.807) is 27.6 Å². The normalized spacial score (nSPS) is 31.1. The minimum atomic E-state index is -0.760. The molecule has 1 spiro atoms. The third kappa shape index (κ3) is 5.69. The SMILES string of the molecule is C=CCCCCOC(=O)[C@H]1[C@@H]2SC3(CC2Br)C(C(=O)N(CC=C)C(C)C)N([C@@H](CO)CC(C)C)C(=O)[C@H]13. The van der Waals surface area contributed by atoms with Crippen LogP contribution in [0.5, 0.6) is 0 Å². The molecule has 0 radical (unpaired) electrons. The molecule has 208 valence electrons. The Morgan fingerprint density at radius 3 is 2.54 bits per heavy atom. The van der Waals surface area contributed by atoms with E-state index in [1.807, 2.05) is 33.8 Å². The second kappa shape index (κ2) is 12.7. The van der Waals surface area contributed by atoms with Crippen LogP contribution in [0, 0.1) is 17.8 Å². The zero-order chi connectivity index (χ0) is 27.5. The van der Waals surface area contributed by atoms with E-state index in [0.717, 1.165) is 19.3 Å². The summed E-state index contributed by atoms with van der Waals surface area (Å²) in [5.74, 6) is -1.75. The molecule has 2 amide bonds. The molecule has 0 saturated carbocycles. The lowest BCUT2D eigenvalue weighted by molar-refractivity contribution is -0.154. The summed E-state index contributed by atoms with van der Waals surface area (Å²) in [4.78, 5) is 45.3. The van der Waals surface area contributed by atoms with Gasteiger partial charge in [-0.15, -0.1) is 24.9 Å². The summed E-state index contributed by atoms with van der Waals surface area (Å²) in [5.41, 5.74) is 0. The quantitative estimate of drug-likeness (QED) is 0.140. The average molecular weight is 600 g/mol. The average Bonchev–Trinajstić information content (AvgIpc) is 3.43. The lowest BCUT2D eigenvalue weighted by Crippen LogP contribution is -2.59. The van der Waals surface area contributed by atoms with Crippen LogP contribution < -0.4 is 0 Å². The Labute approximate surface area is 234 Å². The van der Waals surface area contributed by atoms with E-state index in [-0.39, 0.29) is 46.4 Å². The van der Waals surface area contributed by atoms with Gasteiger partial charge in [0.05, 0.1) is 35.8 Å². The van der Waals surface area contributed by atoms with E-state index < -0.39 is 28.7 Å². The third-order valence-corrected chi connectivity index (χ3v) is 11.1. The van der Waals surface area contributed by atoms with Crippen LogP contribution in [0.15, 0.2) is 25.3 Å². The Balaban J connectivity index is 2.01. The first-order valence-electron chi connectivity index (χ1n) is 13.5. The van der Waals surface area contributed by atoms with Crippen molar-refractivity contribution in [2.24, 2.45) is 17.8 Å². The number of hydrogen-bond donors (Lipinski definition) is 1. The Bertz CT molecular complexity index is 883. The van der Waals surface area contributed by atoms with Crippen molar-refractivity contribution in [2.75, 3.05) is 19.8 Å². The number of allylic oxidation sites excluding steroid dienone is 1. The van der Waals surface area contributed by atoms with Gasteiger partial charge in [-0.2, -0.15) is 0 Å². The van der Waals surface area contributed by atoms with Crippen molar-refractivity contribution in [2.45, 2.75) is 92.7 Å². The third-order valence-electron chi connectivity index (χ3n) is 7.86. The number of hydrogen-bond acceptors (Lipinski definition) is 6. The molecule has 7 atom stereocenters. The molecule has 9 heteroatoms. The fraction of sp³-hybridized carbons (Fsp3) is 0.750. The second-order valence-electron chi connectivity index (χ2n) is 11.2. The van der Waals surface area contributed by atoms with Gasteiger partial charge in [-0.1, -0.05) is 41.9 Å². The number of likely N-dealkylation sites (tertiary alicyclic amines) is 1. The molecule has 7 nitrogen and oxygen atoms in total. The minimum absolute atomic E-state index is 0.0142. The highest BCUT2D eigenvalue weighted by Crippen LogP contribution is 2.68. The molecule has 3 aliphatic heterocycles. The standard InChI is InChI=1S/C28H43BrN2O5S/c1-7-9-10-11-13-36-27(35)21-22-25(33)31(19(16-32)14-17(3)4)24(26(34)30(12-8-2)18(5)6)28(22)15-20(29)23(21)37-28/h7-8,17-24,32H,1-2,9-16H2,3-6H3/t19-,20?,21-,22+,23-,24?,28?/m1/s1. The number of aliphatic hydroxyl groups is 1. The van der Waals surface area contributed by atoms with Gasteiger partial charge in [0, 0.05) is 22.7 Å². The van der Waals surface area contributed by atoms with Gasteiger partial charge in [0.15, 0.2) is 0 Å². The number of fused-ring (bicyclic) bond motifs is 1. The molecule has 0 aromatic rings. The maximum absolute atomic E-state index is 14.3. The van der Waals surface area contributed by atoms with Crippen LogP contribution in [0.25, 0.3) is 0 Å². The predicted octanol–water partition coefficient (Wildman–Crippen LogP) is 4.18. The fourth-order valence-corrected chi connectivity index (χ4v) is 9.92. The topological polar surface area (TPSA) is 87.2 Å². The molecule has 2 bridgehead atoms. The van der Waals surface area contributed by atoms with Gasteiger partial charge in [0.25, 0.3) is 0 Å². The summed E-state index contributed by atoms with van der Waals surface area (Å²) in [6.45, 7) is 16.0. The van der Waals surface area contributed by atoms with Crippen molar-refractivity contribution in [3.05, 3.63) is 25.3 Å². The van der Waals surface area contributed by atoms with E-state index in [1.165, 1.54) is 0 Å². The van der Waals surface area contributed by atoms with Crippen molar-refractivity contribution in [3.8, 4) is 0 Å². The van der Waals surface area contributed by atoms with E-state index in [0.29, 0.717) is 26.0 Å². The monoisotopic (exact) mass is 598 g/mol. The zero-order valence-electron chi connectivity index (χ0n) is 22.6. The molecule has 3 aliphatic rings. The number of thioether (sulfide) groups is 1. The van der Waals surface area contributed by atoms with Gasteiger partial charge in [-0.05, 0) is 51.9 Å². The number of esters is 1. The molecule has 3 heterocycles. The maximum atomic E-state index is 14.3. The predicted molar refractivity (Wildman–Crippen MR) is 151 cm³/mol. The van der Waals surface area contributed by atoms with Crippen molar-refractivity contribution >= 4 is 45.5 Å². The Morgan fingerprint density at radius 2 is 1.97 bits per heavy atom. The highest BCUT2D eigenvalue weighted by molar-refractivity contribution is 9.09. The highest BCUT2D eigenvalue weighted by Gasteiger charge is 2.76. The maximum Gasteiger partial charge on any atom is 0.310 e. The molecule has 3 rings (SSSR count). The van der Waals surface area contributed by atoms with Crippen LogP contribution in [-0.2, 0) is 19.1 Å². The van der Waals surface area contributed by atoms with Crippen LogP contribution in [0.2, 0.25) is 0 Å². The fourth-order valence-electron chi connectivity index (χ4n) is 6.34. The first-order valence-corrected chi connectivity index (χ1v) is 15.3. The molecule has 0 aromatic carbocycles. The summed E-state index contributed by atoms with van der Waals surface area (Å²) in [6.07, 6.45) is 7.21. The van der Waals surface area contributed by atoms with Crippen LogP contribution in [-0.4, -0.2) is 85.4 Å². The largest absolute Gasteiger partial charge is 0.465 e. The van der Waals surface area contributed by atoms with Crippen molar-refractivity contribution in [1.82, 2.24) is 9.80 Å². The molecule has 3 saturated heterocycles. The molecule has 3 fully saturated rings. The lowest BCUT2D eigenvalue weighted by atomic mass is 9.71. The number of aliphatic hydroxyl groups excluding tert-OH is 1. The summed E-state index contributed by atoms with van der Waals surface area (Å²) >= 11 is 5.39. The van der Waals surface area contributed by atoms with Crippen LogP contribution in [0.4, 0.5) is 0 Å². The number of unbranched alkanes of at least 4 members (excludes halogenated alkanes) is 2. The Morgan fingerprint density at radius 1 is 1.27 bits per heavy atom. The van der Waals surface area contributed by atoms with Gasteiger partial charge >= 0.3 is 5.97 Å². The van der Waals surface area contributed by atoms with E-state index in [2.05, 4.69) is 29.1 Å². The smallest absolute Gasteiger partial charge is 0.310 e. The number of ether oxygens (including phenoxy) is 1. The van der Waals surface area contributed by atoms with Gasteiger partial charge in [-0.25, -0.2) is 0 Å². The lowest BCUT2D eigenvalue weighted by Gasteiger charge is -2.41. The number of carbonyl (C=O) groups excluding carboxylic acids is 3. The molecular weight excluding hydrogens is 556 g/mol. The second-order valence-corrected chi connectivity index (χ2v) is 13.9. The number of amides is 2. The molecule has 3 unspecified atom stereocenters. The molecular formula is C28H43BrN2O5S. The van der Waals surface area contributed by atoms with E-state index >= 15 is 0 Å². The zero-order valence-corrected chi connectivity index (χ0v) is 25.0. The van der Waals surface area contributed by atoms with E-state index in [4.69, 9.17) is 4.74 Å². The number of halogens is 1. The van der Waals surface area contributed by atoms with Gasteiger partial charge in [0.1, 0.15) is 6.04 Å². The first-order chi connectivity index (χ1) is 17.5. The molecule has 0 aliphatic carbocycles. The van der Waals surface area contributed by atoms with Crippen molar-refractivity contribution < 1.29 is 24.2 Å². The number of alkyl halides is 1. The van der Waals surface area contributed by atoms with Crippen LogP contribution in [0.1, 0.15) is 59.8 Å². The van der Waals surface area contributed by atoms with Gasteiger partial charge < -0.3 is 19.6 Å². The van der Waals surface area contributed by atoms with Crippen LogP contribution >= 0.6 is 27.7 Å². The summed E-state index contributed by atoms with van der Waals surface area (Å²) in [5, 5.41) is 10.3. The van der Waals surface area contributed by atoms with Crippen LogP contribution in [0.3, 0.4) is 0 Å². The summed E-state index contributed by atoms with van der Waals surface area (Å²) < 4.78 is 4.95. The number of carbonyl (C=O) groups is 3.